The largest absolute Gasteiger partial charge is 0.438 e. The van der Waals surface area contributed by atoms with Crippen LogP contribution in [-0.2, 0) is 0 Å². The Balaban J connectivity index is 1.24. The summed E-state index contributed by atoms with van der Waals surface area (Å²) in [6.07, 6.45) is 4.90. The van der Waals surface area contributed by atoms with E-state index in [0.29, 0.717) is 28.7 Å². The highest BCUT2D eigenvalue weighted by atomic mass is 16.5. The van der Waals surface area contributed by atoms with Crippen molar-refractivity contribution in [1.29, 1.82) is 0 Å². The van der Waals surface area contributed by atoms with Gasteiger partial charge in [-0.15, -0.1) is 10.2 Å². The molecule has 1 N–H and O–H groups in total. The molecular weight excluding hydrogens is 394 g/mol. The fraction of sp³-hybridized carbons (Fsp3) is 0. The molecule has 9 nitrogen and oxygen atoms in total. The van der Waals surface area contributed by atoms with E-state index in [-0.39, 0.29) is 11.6 Å². The van der Waals surface area contributed by atoms with E-state index in [9.17, 15) is 4.79 Å². The molecular formula is C22H15N7O2. The van der Waals surface area contributed by atoms with E-state index in [1.807, 2.05) is 24.3 Å². The molecule has 150 valence electrons. The number of amides is 1. The summed E-state index contributed by atoms with van der Waals surface area (Å²) in [6.45, 7) is 0. The van der Waals surface area contributed by atoms with Gasteiger partial charge in [0, 0.05) is 24.1 Å². The van der Waals surface area contributed by atoms with Gasteiger partial charge in [0.15, 0.2) is 5.82 Å². The summed E-state index contributed by atoms with van der Waals surface area (Å²) < 4.78 is 7.31. The highest BCUT2D eigenvalue weighted by Gasteiger charge is 2.10. The van der Waals surface area contributed by atoms with Crippen molar-refractivity contribution in [3.8, 4) is 17.4 Å². The molecule has 3 heterocycles. The number of ether oxygens (including phenoxy) is 1. The molecule has 0 aliphatic heterocycles. The van der Waals surface area contributed by atoms with E-state index < -0.39 is 0 Å². The second-order valence-corrected chi connectivity index (χ2v) is 6.50. The molecule has 0 saturated carbocycles. The number of nitrogens with one attached hydrogen (secondary N) is 1. The van der Waals surface area contributed by atoms with Gasteiger partial charge in [-0.1, -0.05) is 12.1 Å². The molecule has 0 spiro atoms. The number of carbonyl (C=O) groups excluding carboxylic acids is 1. The molecule has 0 unspecified atom stereocenters. The van der Waals surface area contributed by atoms with Gasteiger partial charge in [-0.05, 0) is 48.5 Å². The maximum absolute atomic E-state index is 12.5. The van der Waals surface area contributed by atoms with Crippen molar-refractivity contribution >= 4 is 22.6 Å². The number of hydrogen-bond acceptors (Lipinski definition) is 7. The van der Waals surface area contributed by atoms with Crippen LogP contribution in [0.25, 0.3) is 16.9 Å². The Labute approximate surface area is 176 Å². The lowest BCUT2D eigenvalue weighted by atomic mass is 10.2. The minimum atomic E-state index is -0.341. The Morgan fingerprint density at radius 3 is 2.48 bits per heavy atom. The lowest BCUT2D eigenvalue weighted by Gasteiger charge is -2.08. The number of nitrogens with zero attached hydrogens (tertiary/aromatic N) is 6. The molecule has 5 aromatic rings. The van der Waals surface area contributed by atoms with E-state index in [1.54, 1.807) is 59.5 Å². The Bertz CT molecular complexity index is 1330. The topological polar surface area (TPSA) is 108 Å². The van der Waals surface area contributed by atoms with Gasteiger partial charge in [0.25, 0.3) is 5.91 Å². The van der Waals surface area contributed by atoms with Crippen LogP contribution in [0.15, 0.2) is 85.3 Å². The highest BCUT2D eigenvalue weighted by molar-refractivity contribution is 6.03. The number of hydrogen-bond donors (Lipinski definition) is 1. The predicted molar refractivity (Wildman–Crippen MR) is 113 cm³/mol. The maximum Gasteiger partial charge on any atom is 0.275 e. The number of benzene rings is 2. The van der Waals surface area contributed by atoms with Crippen LogP contribution in [0, 0.1) is 0 Å². The van der Waals surface area contributed by atoms with E-state index in [1.165, 1.54) is 6.20 Å². The van der Waals surface area contributed by atoms with Crippen LogP contribution in [0.2, 0.25) is 0 Å². The van der Waals surface area contributed by atoms with Gasteiger partial charge >= 0.3 is 0 Å². The predicted octanol–water partition coefficient (Wildman–Crippen LogP) is 3.65. The first-order valence-corrected chi connectivity index (χ1v) is 9.39. The summed E-state index contributed by atoms with van der Waals surface area (Å²) in [5.74, 6) is 1.16. The Morgan fingerprint density at radius 2 is 1.74 bits per heavy atom. The standard InChI is InChI=1S/C22H15N7O2/c30-22(19-14-23-17-4-1-2-5-18(17)26-19)25-15-6-8-16(9-7-15)31-21-11-10-20(27-28-21)29-13-3-12-24-29/h1-14H,(H,25,30). The first-order chi connectivity index (χ1) is 15.2. The van der Waals surface area contributed by atoms with Gasteiger partial charge < -0.3 is 10.1 Å². The zero-order valence-electron chi connectivity index (χ0n) is 16.1. The first-order valence-electron chi connectivity index (χ1n) is 9.39. The summed E-state index contributed by atoms with van der Waals surface area (Å²) in [5, 5.41) is 15.0. The minimum Gasteiger partial charge on any atom is -0.438 e. The van der Waals surface area contributed by atoms with E-state index in [0.717, 1.165) is 5.52 Å². The molecule has 0 fully saturated rings. The number of para-hydroxylation sites is 2. The summed E-state index contributed by atoms with van der Waals surface area (Å²) in [6, 6.07) is 19.6. The van der Waals surface area contributed by atoms with Crippen LogP contribution in [0.5, 0.6) is 11.6 Å². The van der Waals surface area contributed by atoms with Crippen molar-refractivity contribution in [2.75, 3.05) is 5.32 Å². The van der Waals surface area contributed by atoms with Gasteiger partial charge in [0.1, 0.15) is 11.4 Å². The number of anilines is 1. The number of aromatic nitrogens is 6. The Hall–Kier alpha value is -4.66. The Morgan fingerprint density at radius 1 is 0.903 bits per heavy atom. The molecule has 0 atom stereocenters. The summed E-state index contributed by atoms with van der Waals surface area (Å²) in [7, 11) is 0. The second-order valence-electron chi connectivity index (χ2n) is 6.50. The fourth-order valence-corrected chi connectivity index (χ4v) is 2.88. The zero-order valence-corrected chi connectivity index (χ0v) is 16.1. The lowest BCUT2D eigenvalue weighted by Crippen LogP contribution is -2.14. The second kappa shape index (κ2) is 7.99. The average Bonchev–Trinajstić information content (AvgIpc) is 3.35. The molecule has 0 aliphatic rings. The van der Waals surface area contributed by atoms with Gasteiger partial charge in [0.2, 0.25) is 5.88 Å². The van der Waals surface area contributed by atoms with Crippen molar-refractivity contribution in [3.63, 3.8) is 0 Å². The van der Waals surface area contributed by atoms with Crippen LogP contribution in [0.4, 0.5) is 5.69 Å². The molecule has 0 radical (unpaired) electrons. The Kier molecular flexibility index (Phi) is 4.74. The zero-order chi connectivity index (χ0) is 21.0. The van der Waals surface area contributed by atoms with Gasteiger partial charge in [-0.3, -0.25) is 9.78 Å². The van der Waals surface area contributed by atoms with E-state index in [4.69, 9.17) is 4.74 Å². The van der Waals surface area contributed by atoms with Crippen LogP contribution < -0.4 is 10.1 Å². The molecule has 0 aliphatic carbocycles. The number of rotatable bonds is 5. The maximum atomic E-state index is 12.5. The van der Waals surface area contributed by atoms with Crippen LogP contribution in [0.1, 0.15) is 10.5 Å². The van der Waals surface area contributed by atoms with Crippen molar-refractivity contribution < 1.29 is 9.53 Å². The van der Waals surface area contributed by atoms with Crippen molar-refractivity contribution in [2.24, 2.45) is 0 Å². The summed E-state index contributed by atoms with van der Waals surface area (Å²) >= 11 is 0. The fourth-order valence-electron chi connectivity index (χ4n) is 2.88. The highest BCUT2D eigenvalue weighted by Crippen LogP contribution is 2.22. The molecule has 31 heavy (non-hydrogen) atoms. The molecule has 9 heteroatoms. The third kappa shape index (κ3) is 4.06. The molecule has 1 amide bonds. The van der Waals surface area contributed by atoms with Gasteiger partial charge in [-0.2, -0.15) is 5.10 Å². The number of carbonyl (C=O) groups is 1. The normalized spacial score (nSPS) is 10.7. The van der Waals surface area contributed by atoms with Gasteiger partial charge in [0.05, 0.1) is 17.2 Å². The molecule has 5 rings (SSSR count). The molecule has 0 saturated heterocycles. The lowest BCUT2D eigenvalue weighted by molar-refractivity contribution is 0.102. The molecule has 0 bridgehead atoms. The molecule has 3 aromatic heterocycles. The van der Waals surface area contributed by atoms with Crippen LogP contribution in [0.3, 0.4) is 0 Å². The first kappa shape index (κ1) is 18.4. The quantitative estimate of drug-likeness (QED) is 0.472. The van der Waals surface area contributed by atoms with Crippen molar-refractivity contribution in [1.82, 2.24) is 29.9 Å². The van der Waals surface area contributed by atoms with Crippen molar-refractivity contribution in [3.05, 3.63) is 91.0 Å². The van der Waals surface area contributed by atoms with Crippen molar-refractivity contribution in [2.45, 2.75) is 0 Å². The summed E-state index contributed by atoms with van der Waals surface area (Å²) in [4.78, 5) is 21.1. The average molecular weight is 409 g/mol. The molecule has 2 aromatic carbocycles. The SMILES string of the molecule is O=C(Nc1ccc(Oc2ccc(-n3cccn3)nn2)cc1)c1cnc2ccccc2n1. The van der Waals surface area contributed by atoms with E-state index in [2.05, 4.69) is 30.6 Å². The third-order valence-electron chi connectivity index (χ3n) is 4.38. The third-order valence-corrected chi connectivity index (χ3v) is 4.38. The summed E-state index contributed by atoms with van der Waals surface area (Å²) in [5.41, 5.74) is 2.25. The minimum absolute atomic E-state index is 0.242. The smallest absolute Gasteiger partial charge is 0.275 e. The monoisotopic (exact) mass is 409 g/mol. The van der Waals surface area contributed by atoms with Gasteiger partial charge in [-0.25, -0.2) is 9.67 Å². The number of fused-ring (bicyclic) bond motifs is 1. The van der Waals surface area contributed by atoms with E-state index >= 15 is 0 Å². The van der Waals surface area contributed by atoms with Crippen LogP contribution in [-0.4, -0.2) is 35.9 Å². The van der Waals surface area contributed by atoms with Crippen LogP contribution >= 0.6 is 0 Å².